The van der Waals surface area contributed by atoms with E-state index in [9.17, 15) is 4.79 Å². The monoisotopic (exact) mass is 243 g/mol. The van der Waals surface area contributed by atoms with Crippen LogP contribution in [0.2, 0.25) is 12.6 Å². The summed E-state index contributed by atoms with van der Waals surface area (Å²) in [5.74, 6) is -0.0614. The Morgan fingerprint density at radius 3 is 2.69 bits per heavy atom. The average Bonchev–Trinajstić information content (AvgIpc) is 2.68. The van der Waals surface area contributed by atoms with Gasteiger partial charge in [-0.3, -0.25) is 4.79 Å². The Labute approximate surface area is 101 Å². The van der Waals surface area contributed by atoms with Crippen LogP contribution >= 0.6 is 0 Å². The second-order valence-corrected chi connectivity index (χ2v) is 7.26. The third-order valence-corrected chi connectivity index (χ3v) is 4.14. The van der Waals surface area contributed by atoms with Crippen LogP contribution in [0, 0.1) is 5.41 Å². The molecule has 1 saturated heterocycles. The zero-order valence-electron chi connectivity index (χ0n) is 11.0. The quantitative estimate of drug-likeness (QED) is 0.598. The summed E-state index contributed by atoms with van der Waals surface area (Å²) in [5, 5.41) is 3.44. The second kappa shape index (κ2) is 5.82. The van der Waals surface area contributed by atoms with Crippen LogP contribution in [0.1, 0.15) is 33.6 Å². The lowest BCUT2D eigenvalue weighted by Gasteiger charge is -2.27. The molecular weight excluding hydrogens is 218 g/mol. The van der Waals surface area contributed by atoms with Crippen molar-refractivity contribution < 1.29 is 9.53 Å². The Hall–Kier alpha value is -0.353. The molecule has 1 aliphatic heterocycles. The zero-order chi connectivity index (χ0) is 12.2. The van der Waals surface area contributed by atoms with Gasteiger partial charge in [0.1, 0.15) is 6.10 Å². The first-order chi connectivity index (χ1) is 7.45. The molecular formula is C12H25NO2Si. The fourth-order valence-electron chi connectivity index (χ4n) is 1.97. The number of carbonyl (C=O) groups excluding carboxylic acids is 1. The molecule has 2 atom stereocenters. The minimum atomic E-state index is -0.383. The van der Waals surface area contributed by atoms with Crippen LogP contribution in [-0.4, -0.2) is 34.2 Å². The van der Waals surface area contributed by atoms with Crippen molar-refractivity contribution in [1.29, 1.82) is 0 Å². The summed E-state index contributed by atoms with van der Waals surface area (Å²) >= 11 is 0. The normalized spacial score (nSPS) is 23.9. The van der Waals surface area contributed by atoms with Gasteiger partial charge in [0.2, 0.25) is 0 Å². The van der Waals surface area contributed by atoms with Gasteiger partial charge in [0.25, 0.3) is 0 Å². The lowest BCUT2D eigenvalue weighted by molar-refractivity contribution is -0.158. The number of rotatable bonds is 4. The summed E-state index contributed by atoms with van der Waals surface area (Å²) in [6, 6.07) is 1.50. The van der Waals surface area contributed by atoms with Crippen molar-refractivity contribution >= 4 is 15.5 Å². The number of hydrogen-bond donors (Lipinski definition) is 1. The van der Waals surface area contributed by atoms with Crippen LogP contribution in [0.4, 0.5) is 0 Å². The number of esters is 1. The molecule has 0 aliphatic carbocycles. The molecule has 0 radical (unpaired) electrons. The molecule has 0 unspecified atom stereocenters. The summed E-state index contributed by atoms with van der Waals surface area (Å²) in [4.78, 5) is 11.9. The summed E-state index contributed by atoms with van der Waals surface area (Å²) in [6.07, 6.45) is 2.47. The van der Waals surface area contributed by atoms with Gasteiger partial charge >= 0.3 is 5.97 Å². The maximum absolute atomic E-state index is 11.9. The predicted molar refractivity (Wildman–Crippen MR) is 69.6 cm³/mol. The maximum Gasteiger partial charge on any atom is 0.311 e. The Morgan fingerprint density at radius 1 is 1.56 bits per heavy atom. The van der Waals surface area contributed by atoms with Crippen LogP contribution in [0.3, 0.4) is 0 Å². The van der Waals surface area contributed by atoms with E-state index in [0.29, 0.717) is 6.04 Å². The summed E-state index contributed by atoms with van der Waals surface area (Å²) in [5.41, 5.74) is -0.383. The van der Waals surface area contributed by atoms with Gasteiger partial charge in [0, 0.05) is 15.6 Å². The van der Waals surface area contributed by atoms with Gasteiger partial charge in [-0.2, -0.15) is 0 Å². The van der Waals surface area contributed by atoms with E-state index in [4.69, 9.17) is 4.74 Å². The standard InChI is InChI=1S/C12H25NO2Si/c1-12(2,3)11(14)15-10(8-16-4)9-6-5-7-13-9/h9-10,13H,5-8,16H2,1-4H3/t9-,10+/m1/s1. The van der Waals surface area contributed by atoms with Gasteiger partial charge < -0.3 is 10.1 Å². The van der Waals surface area contributed by atoms with Crippen molar-refractivity contribution in [1.82, 2.24) is 5.32 Å². The highest BCUT2D eigenvalue weighted by molar-refractivity contribution is 6.33. The van der Waals surface area contributed by atoms with E-state index >= 15 is 0 Å². The first kappa shape index (κ1) is 13.7. The van der Waals surface area contributed by atoms with E-state index in [1.54, 1.807) is 0 Å². The highest BCUT2D eigenvalue weighted by Crippen LogP contribution is 2.21. The van der Waals surface area contributed by atoms with Crippen LogP contribution in [0.25, 0.3) is 0 Å². The predicted octanol–water partition coefficient (Wildman–Crippen LogP) is 1.33. The van der Waals surface area contributed by atoms with E-state index in [-0.39, 0.29) is 27.0 Å². The fourth-order valence-corrected chi connectivity index (χ4v) is 3.06. The average molecular weight is 243 g/mol. The second-order valence-electron chi connectivity index (χ2n) is 5.69. The molecule has 1 heterocycles. The van der Waals surface area contributed by atoms with Crippen molar-refractivity contribution in [2.75, 3.05) is 6.54 Å². The molecule has 0 saturated carbocycles. The van der Waals surface area contributed by atoms with Gasteiger partial charge in [-0.1, -0.05) is 6.55 Å². The molecule has 4 heteroatoms. The van der Waals surface area contributed by atoms with Gasteiger partial charge in [0.05, 0.1) is 5.41 Å². The van der Waals surface area contributed by atoms with Crippen molar-refractivity contribution in [2.45, 2.75) is 58.3 Å². The minimum absolute atomic E-state index is 0.0614. The number of hydrogen-bond acceptors (Lipinski definition) is 3. The van der Waals surface area contributed by atoms with Gasteiger partial charge in [0.15, 0.2) is 0 Å². The van der Waals surface area contributed by atoms with Crippen molar-refractivity contribution in [3.63, 3.8) is 0 Å². The van der Waals surface area contributed by atoms with Crippen molar-refractivity contribution in [3.05, 3.63) is 0 Å². The molecule has 1 rings (SSSR count). The molecule has 1 aliphatic rings. The van der Waals surface area contributed by atoms with E-state index in [2.05, 4.69) is 11.9 Å². The minimum Gasteiger partial charge on any atom is -0.461 e. The number of carbonyl (C=O) groups is 1. The molecule has 0 bridgehead atoms. The Balaban J connectivity index is 2.53. The lowest BCUT2D eigenvalue weighted by Crippen LogP contribution is -2.40. The van der Waals surface area contributed by atoms with Gasteiger partial charge in [-0.05, 0) is 46.2 Å². The molecule has 1 N–H and O–H groups in total. The third kappa shape index (κ3) is 3.90. The molecule has 3 nitrogen and oxygen atoms in total. The van der Waals surface area contributed by atoms with Gasteiger partial charge in [-0.25, -0.2) is 0 Å². The molecule has 0 aromatic heterocycles. The topological polar surface area (TPSA) is 38.3 Å². The highest BCUT2D eigenvalue weighted by atomic mass is 28.2. The zero-order valence-corrected chi connectivity index (χ0v) is 12.4. The first-order valence-corrected chi connectivity index (χ1v) is 8.81. The summed E-state index contributed by atoms with van der Waals surface area (Å²) < 4.78 is 5.67. The molecule has 0 aromatic rings. The number of ether oxygens (including phenoxy) is 1. The first-order valence-electron chi connectivity index (χ1n) is 6.39. The third-order valence-electron chi connectivity index (χ3n) is 2.99. The number of nitrogens with one attached hydrogen (secondary N) is 1. The summed E-state index contributed by atoms with van der Waals surface area (Å²) in [6.45, 7) is 9.08. The Bertz CT molecular complexity index is 232. The van der Waals surface area contributed by atoms with Crippen molar-refractivity contribution in [3.8, 4) is 0 Å². The molecule has 1 fully saturated rings. The maximum atomic E-state index is 11.9. The molecule has 94 valence electrons. The van der Waals surface area contributed by atoms with Crippen LogP contribution in [0.15, 0.2) is 0 Å². The smallest absolute Gasteiger partial charge is 0.311 e. The SMILES string of the molecule is C[SiH2]C[C@H](OC(=O)C(C)(C)C)[C@H]1CCCN1. The molecule has 0 aromatic carbocycles. The fraction of sp³-hybridized carbons (Fsp3) is 0.917. The molecule has 0 amide bonds. The Morgan fingerprint density at radius 2 is 2.25 bits per heavy atom. The Kier molecular flexibility index (Phi) is 4.99. The van der Waals surface area contributed by atoms with Crippen LogP contribution in [-0.2, 0) is 9.53 Å². The van der Waals surface area contributed by atoms with E-state index in [0.717, 1.165) is 19.0 Å². The van der Waals surface area contributed by atoms with E-state index < -0.39 is 0 Å². The van der Waals surface area contributed by atoms with Crippen LogP contribution in [0.5, 0.6) is 0 Å². The van der Waals surface area contributed by atoms with Crippen molar-refractivity contribution in [2.24, 2.45) is 5.41 Å². The largest absolute Gasteiger partial charge is 0.461 e. The highest BCUT2D eigenvalue weighted by Gasteiger charge is 2.31. The summed E-state index contributed by atoms with van der Waals surface area (Å²) in [7, 11) is -0.0711. The van der Waals surface area contributed by atoms with Crippen LogP contribution < -0.4 is 5.32 Å². The lowest BCUT2D eigenvalue weighted by atomic mass is 9.97. The van der Waals surface area contributed by atoms with Gasteiger partial charge in [-0.15, -0.1) is 0 Å². The molecule has 0 spiro atoms. The molecule has 16 heavy (non-hydrogen) atoms. The van der Waals surface area contributed by atoms with E-state index in [1.807, 2.05) is 20.8 Å². The van der Waals surface area contributed by atoms with E-state index in [1.165, 1.54) is 6.42 Å².